The molecule has 0 unspecified atom stereocenters. The van der Waals surface area contributed by atoms with E-state index in [0.29, 0.717) is 37.4 Å². The lowest BCUT2D eigenvalue weighted by Crippen LogP contribution is -2.39. The zero-order chi connectivity index (χ0) is 25.1. The van der Waals surface area contributed by atoms with Crippen molar-refractivity contribution in [2.75, 3.05) is 13.1 Å². The lowest BCUT2D eigenvalue weighted by Gasteiger charge is -2.32. The van der Waals surface area contributed by atoms with Gasteiger partial charge in [-0.25, -0.2) is 14.0 Å². The number of carbonyl (C=O) groups excluding carboxylic acids is 1. The Hall–Kier alpha value is -3.30. The molecular weight excluding hydrogens is 458 g/mol. The minimum atomic E-state index is -4.85. The van der Waals surface area contributed by atoms with Crippen molar-refractivity contribution < 1.29 is 41.7 Å². The molecule has 6 nitrogen and oxygen atoms in total. The van der Waals surface area contributed by atoms with Gasteiger partial charge < -0.3 is 19.5 Å². The molecule has 1 aliphatic rings. The summed E-state index contributed by atoms with van der Waals surface area (Å²) in [6.07, 6.45) is -4.06. The van der Waals surface area contributed by atoms with Crippen molar-refractivity contribution in [2.45, 2.75) is 51.0 Å². The molecule has 3 rings (SSSR count). The molecule has 1 amide bonds. The lowest BCUT2D eigenvalue weighted by molar-refractivity contribution is -0.152. The molecule has 1 fully saturated rings. The Bertz CT molecular complexity index is 1050. The second-order valence-corrected chi connectivity index (χ2v) is 8.64. The van der Waals surface area contributed by atoms with Gasteiger partial charge in [-0.05, 0) is 62.1 Å². The van der Waals surface area contributed by atoms with Gasteiger partial charge in [0, 0.05) is 19.0 Å². The van der Waals surface area contributed by atoms with E-state index in [4.69, 9.17) is 9.47 Å². The number of carbonyl (C=O) groups is 2. The number of halogens is 4. The topological polar surface area (TPSA) is 76.1 Å². The summed E-state index contributed by atoms with van der Waals surface area (Å²) < 4.78 is 62.9. The molecule has 0 aliphatic carbocycles. The lowest BCUT2D eigenvalue weighted by atomic mass is 9.90. The van der Waals surface area contributed by atoms with Crippen LogP contribution >= 0.6 is 0 Å². The minimum absolute atomic E-state index is 0.0292. The number of hydrogen-bond acceptors (Lipinski definition) is 4. The van der Waals surface area contributed by atoms with E-state index in [1.54, 1.807) is 18.2 Å². The molecule has 10 heteroatoms. The third kappa shape index (κ3) is 6.18. The van der Waals surface area contributed by atoms with Crippen molar-refractivity contribution in [1.29, 1.82) is 0 Å². The van der Waals surface area contributed by atoms with Gasteiger partial charge in [0.2, 0.25) is 0 Å². The van der Waals surface area contributed by atoms with Crippen LogP contribution in [-0.4, -0.2) is 40.8 Å². The second kappa shape index (κ2) is 9.90. The second-order valence-electron chi connectivity index (χ2n) is 8.64. The first-order valence-corrected chi connectivity index (χ1v) is 10.7. The van der Waals surface area contributed by atoms with Gasteiger partial charge in [-0.3, -0.25) is 0 Å². The van der Waals surface area contributed by atoms with Crippen LogP contribution in [0.4, 0.5) is 22.4 Å². The van der Waals surface area contributed by atoms with Gasteiger partial charge in [-0.2, -0.15) is 13.2 Å². The molecule has 1 atom stereocenters. The van der Waals surface area contributed by atoms with Crippen LogP contribution in [0.25, 0.3) is 0 Å². The first kappa shape index (κ1) is 25.3. The summed E-state index contributed by atoms with van der Waals surface area (Å²) in [6.45, 7) is 3.21. The molecule has 0 saturated carbocycles. The van der Waals surface area contributed by atoms with Gasteiger partial charge in [0.1, 0.15) is 18.2 Å². The maximum absolute atomic E-state index is 13.4. The molecule has 1 aliphatic heterocycles. The van der Waals surface area contributed by atoms with Gasteiger partial charge in [0.15, 0.2) is 5.60 Å². The van der Waals surface area contributed by atoms with Gasteiger partial charge >= 0.3 is 18.2 Å². The summed E-state index contributed by atoms with van der Waals surface area (Å²) in [5.74, 6) is -2.16. The molecule has 2 aromatic carbocycles. The highest BCUT2D eigenvalue weighted by atomic mass is 19.4. The summed E-state index contributed by atoms with van der Waals surface area (Å²) in [7, 11) is 0. The van der Waals surface area contributed by atoms with E-state index in [1.807, 2.05) is 6.07 Å². The molecule has 184 valence electrons. The summed E-state index contributed by atoms with van der Waals surface area (Å²) in [5.41, 5.74) is -1.92. The van der Waals surface area contributed by atoms with E-state index in [2.05, 4.69) is 0 Å². The SMILES string of the molecule is CC(C)(Oc1cccc([C@@H]2CCCN(C(=O)OCc3ccc(F)c(C(F)(F)F)c3)C2)c1)C(=O)O. The maximum atomic E-state index is 13.4. The largest absolute Gasteiger partial charge is 0.478 e. The molecule has 0 radical (unpaired) electrons. The van der Waals surface area contributed by atoms with Crippen molar-refractivity contribution >= 4 is 12.1 Å². The Morgan fingerprint density at radius 2 is 1.88 bits per heavy atom. The van der Waals surface area contributed by atoms with Gasteiger partial charge in [-0.1, -0.05) is 18.2 Å². The van der Waals surface area contributed by atoms with Crippen LogP contribution in [0.3, 0.4) is 0 Å². The summed E-state index contributed by atoms with van der Waals surface area (Å²) >= 11 is 0. The van der Waals surface area contributed by atoms with Crippen LogP contribution in [-0.2, 0) is 22.3 Å². The van der Waals surface area contributed by atoms with E-state index >= 15 is 0 Å². The average Bonchev–Trinajstić information content (AvgIpc) is 2.77. The van der Waals surface area contributed by atoms with Crippen LogP contribution in [0.15, 0.2) is 42.5 Å². The van der Waals surface area contributed by atoms with E-state index in [1.165, 1.54) is 18.7 Å². The number of rotatable bonds is 6. The predicted octanol–water partition coefficient (Wildman–Crippen LogP) is 5.60. The smallest absolute Gasteiger partial charge is 0.419 e. The van der Waals surface area contributed by atoms with Crippen molar-refractivity contribution in [3.63, 3.8) is 0 Å². The van der Waals surface area contributed by atoms with Gasteiger partial charge in [0.25, 0.3) is 0 Å². The van der Waals surface area contributed by atoms with Crippen molar-refractivity contribution in [2.24, 2.45) is 0 Å². The van der Waals surface area contributed by atoms with Crippen LogP contribution < -0.4 is 4.74 Å². The Labute approximate surface area is 194 Å². The number of nitrogens with zero attached hydrogens (tertiary/aromatic N) is 1. The fourth-order valence-corrected chi connectivity index (χ4v) is 3.70. The number of piperidine rings is 1. The number of benzene rings is 2. The maximum Gasteiger partial charge on any atom is 0.419 e. The quantitative estimate of drug-likeness (QED) is 0.541. The number of aliphatic carboxylic acids is 1. The molecule has 2 aromatic rings. The highest BCUT2D eigenvalue weighted by molar-refractivity contribution is 5.76. The van der Waals surface area contributed by atoms with Crippen molar-refractivity contribution in [3.05, 3.63) is 65.0 Å². The van der Waals surface area contributed by atoms with Crippen LogP contribution in [0.2, 0.25) is 0 Å². The predicted molar refractivity (Wildman–Crippen MR) is 114 cm³/mol. The van der Waals surface area contributed by atoms with Gasteiger partial charge in [-0.15, -0.1) is 0 Å². The highest BCUT2D eigenvalue weighted by Gasteiger charge is 2.34. The average molecular weight is 483 g/mol. The summed E-state index contributed by atoms with van der Waals surface area (Å²) in [5, 5.41) is 9.26. The number of amides is 1. The molecule has 1 saturated heterocycles. The summed E-state index contributed by atoms with van der Waals surface area (Å²) in [6, 6.07) is 9.46. The third-order valence-electron chi connectivity index (χ3n) is 5.60. The zero-order valence-corrected chi connectivity index (χ0v) is 18.7. The first-order chi connectivity index (χ1) is 15.9. The molecule has 34 heavy (non-hydrogen) atoms. The number of likely N-dealkylation sites (tertiary alicyclic amines) is 1. The van der Waals surface area contributed by atoms with Crippen LogP contribution in [0, 0.1) is 5.82 Å². The molecule has 1 N–H and O–H groups in total. The van der Waals surface area contributed by atoms with Crippen molar-refractivity contribution in [1.82, 2.24) is 4.90 Å². The number of alkyl halides is 3. The van der Waals surface area contributed by atoms with E-state index in [0.717, 1.165) is 18.1 Å². The zero-order valence-electron chi connectivity index (χ0n) is 18.7. The Morgan fingerprint density at radius 3 is 2.56 bits per heavy atom. The Balaban J connectivity index is 1.63. The fourth-order valence-electron chi connectivity index (χ4n) is 3.70. The van der Waals surface area contributed by atoms with Crippen LogP contribution in [0.5, 0.6) is 5.75 Å². The van der Waals surface area contributed by atoms with Gasteiger partial charge in [0.05, 0.1) is 5.56 Å². The highest BCUT2D eigenvalue weighted by Crippen LogP contribution is 2.33. The number of carboxylic acids is 1. The monoisotopic (exact) mass is 483 g/mol. The number of ether oxygens (including phenoxy) is 2. The Kier molecular flexibility index (Phi) is 7.38. The molecule has 0 aromatic heterocycles. The van der Waals surface area contributed by atoms with E-state index in [-0.39, 0.29) is 11.5 Å². The molecule has 0 bridgehead atoms. The molecular formula is C24H25F4NO5. The normalized spacial score (nSPS) is 16.8. The summed E-state index contributed by atoms with van der Waals surface area (Å²) in [4.78, 5) is 25.3. The van der Waals surface area contributed by atoms with Crippen LogP contribution in [0.1, 0.15) is 49.3 Å². The number of hydrogen-bond donors (Lipinski definition) is 1. The van der Waals surface area contributed by atoms with E-state index < -0.39 is 41.8 Å². The van der Waals surface area contributed by atoms with E-state index in [9.17, 15) is 32.3 Å². The standard InChI is InChI=1S/C24H25F4NO5/c1-23(2,21(30)31)34-18-7-3-5-16(12-18)17-6-4-10-29(13-17)22(32)33-14-15-8-9-20(25)19(11-15)24(26,27)28/h3,5,7-9,11-12,17H,4,6,10,13-14H2,1-2H3,(H,30,31)/t17-/m1/s1. The Morgan fingerprint density at radius 1 is 1.15 bits per heavy atom. The third-order valence-corrected chi connectivity index (χ3v) is 5.60. The minimum Gasteiger partial charge on any atom is -0.478 e. The molecule has 1 heterocycles. The van der Waals surface area contributed by atoms with Crippen molar-refractivity contribution in [3.8, 4) is 5.75 Å². The fraction of sp³-hybridized carbons (Fsp3) is 0.417. The first-order valence-electron chi connectivity index (χ1n) is 10.7. The number of carboxylic acid groups (broad SMARTS) is 1. The molecule has 0 spiro atoms.